The summed E-state index contributed by atoms with van der Waals surface area (Å²) < 4.78 is 25.0. The van der Waals surface area contributed by atoms with Crippen molar-refractivity contribution in [1.82, 2.24) is 4.31 Å². The van der Waals surface area contributed by atoms with Crippen LogP contribution in [0.5, 0.6) is 0 Å². The van der Waals surface area contributed by atoms with Crippen LogP contribution >= 0.6 is 0 Å². The topological polar surface area (TPSA) is 161 Å². The summed E-state index contributed by atoms with van der Waals surface area (Å²) in [7, 11) is -4.19. The van der Waals surface area contributed by atoms with Crippen molar-refractivity contribution in [3.05, 3.63) is 29.8 Å². The molecule has 9 nitrogen and oxygen atoms in total. The summed E-state index contributed by atoms with van der Waals surface area (Å²) in [5, 5.41) is 8.74. The summed E-state index contributed by atoms with van der Waals surface area (Å²) >= 11 is 0. The van der Waals surface area contributed by atoms with E-state index in [4.69, 9.17) is 16.6 Å². The molecule has 0 atom stereocenters. The fraction of sp³-hybridized carbons (Fsp3) is 0.182. The third-order valence-electron chi connectivity index (χ3n) is 2.40. The van der Waals surface area contributed by atoms with Crippen molar-refractivity contribution in [3.8, 4) is 0 Å². The molecule has 21 heavy (non-hydrogen) atoms. The predicted molar refractivity (Wildman–Crippen MR) is 70.5 cm³/mol. The van der Waals surface area contributed by atoms with Gasteiger partial charge in [0, 0.05) is 0 Å². The first-order chi connectivity index (χ1) is 9.64. The van der Waals surface area contributed by atoms with Gasteiger partial charge in [0.15, 0.2) is 0 Å². The Bertz CT molecular complexity index is 652. The van der Waals surface area contributed by atoms with Crippen LogP contribution in [0.15, 0.2) is 29.2 Å². The molecular weight excluding hydrogens is 302 g/mol. The first-order valence-corrected chi connectivity index (χ1v) is 6.98. The van der Waals surface area contributed by atoms with Gasteiger partial charge in [0.1, 0.15) is 0 Å². The molecule has 0 saturated carbocycles. The van der Waals surface area contributed by atoms with Crippen molar-refractivity contribution in [2.75, 3.05) is 13.1 Å². The Morgan fingerprint density at radius 3 is 1.76 bits per heavy atom. The molecule has 0 aliphatic rings. The second-order valence-corrected chi connectivity index (χ2v) is 5.97. The summed E-state index contributed by atoms with van der Waals surface area (Å²) in [5.41, 5.74) is 9.76. The molecule has 0 aliphatic carbocycles. The molecule has 0 radical (unpaired) electrons. The number of hydrogen-bond donors (Lipinski definition) is 3. The van der Waals surface area contributed by atoms with Crippen LogP contribution in [0.3, 0.4) is 0 Å². The SMILES string of the molecule is NC(=O)CN(CC(N)=O)S(=O)(=O)c1ccc(C(=O)O)cc1. The Labute approximate surface area is 120 Å². The summed E-state index contributed by atoms with van der Waals surface area (Å²) in [6, 6.07) is 4.27. The highest BCUT2D eigenvalue weighted by Crippen LogP contribution is 2.16. The molecular formula is C11H13N3O6S. The van der Waals surface area contributed by atoms with Gasteiger partial charge in [-0.25, -0.2) is 13.2 Å². The highest BCUT2D eigenvalue weighted by atomic mass is 32.2. The van der Waals surface area contributed by atoms with Crippen LogP contribution < -0.4 is 11.5 Å². The fourth-order valence-corrected chi connectivity index (χ4v) is 2.86. The van der Waals surface area contributed by atoms with E-state index in [2.05, 4.69) is 0 Å². The zero-order chi connectivity index (χ0) is 16.2. The lowest BCUT2D eigenvalue weighted by Gasteiger charge is -2.19. The Morgan fingerprint density at radius 2 is 1.43 bits per heavy atom. The second-order valence-electron chi connectivity index (χ2n) is 4.04. The van der Waals surface area contributed by atoms with Crippen molar-refractivity contribution in [1.29, 1.82) is 0 Å². The number of carboxylic acids is 1. The highest BCUT2D eigenvalue weighted by molar-refractivity contribution is 7.89. The van der Waals surface area contributed by atoms with Crippen LogP contribution in [-0.4, -0.2) is 48.7 Å². The van der Waals surface area contributed by atoms with E-state index < -0.39 is 40.9 Å². The quantitative estimate of drug-likeness (QED) is 0.546. The van der Waals surface area contributed by atoms with Gasteiger partial charge in [-0.15, -0.1) is 0 Å². The van der Waals surface area contributed by atoms with E-state index in [1.807, 2.05) is 0 Å². The minimum Gasteiger partial charge on any atom is -0.478 e. The summed E-state index contributed by atoms with van der Waals surface area (Å²) in [4.78, 5) is 32.2. The summed E-state index contributed by atoms with van der Waals surface area (Å²) in [6.45, 7) is -1.43. The van der Waals surface area contributed by atoms with Gasteiger partial charge in [-0.2, -0.15) is 4.31 Å². The van der Waals surface area contributed by atoms with Crippen molar-refractivity contribution >= 4 is 27.8 Å². The zero-order valence-electron chi connectivity index (χ0n) is 10.7. The molecule has 0 bridgehead atoms. The minimum absolute atomic E-state index is 0.106. The van der Waals surface area contributed by atoms with Crippen LogP contribution in [0, 0.1) is 0 Å². The molecule has 0 saturated heterocycles. The van der Waals surface area contributed by atoms with Crippen molar-refractivity contribution < 1.29 is 27.9 Å². The maximum absolute atomic E-state index is 12.2. The van der Waals surface area contributed by atoms with Gasteiger partial charge >= 0.3 is 5.97 Å². The van der Waals surface area contributed by atoms with Crippen molar-refractivity contribution in [3.63, 3.8) is 0 Å². The van der Waals surface area contributed by atoms with Gasteiger partial charge < -0.3 is 16.6 Å². The fourth-order valence-electron chi connectivity index (χ4n) is 1.49. The van der Waals surface area contributed by atoms with Gasteiger partial charge in [-0.1, -0.05) is 0 Å². The van der Waals surface area contributed by atoms with Crippen LogP contribution in [0.4, 0.5) is 0 Å². The molecule has 1 aromatic carbocycles. The van der Waals surface area contributed by atoms with E-state index >= 15 is 0 Å². The third-order valence-corrected chi connectivity index (χ3v) is 4.21. The number of carboxylic acid groups (broad SMARTS) is 1. The number of carbonyl (C=O) groups is 3. The van der Waals surface area contributed by atoms with Crippen LogP contribution in [0.2, 0.25) is 0 Å². The molecule has 0 aromatic heterocycles. The largest absolute Gasteiger partial charge is 0.478 e. The average Bonchev–Trinajstić information content (AvgIpc) is 2.37. The molecule has 0 heterocycles. The molecule has 10 heteroatoms. The smallest absolute Gasteiger partial charge is 0.335 e. The first-order valence-electron chi connectivity index (χ1n) is 5.54. The van der Waals surface area contributed by atoms with Crippen LogP contribution in [0.1, 0.15) is 10.4 Å². The molecule has 1 rings (SSSR count). The maximum Gasteiger partial charge on any atom is 0.335 e. The predicted octanol–water partition coefficient (Wildman–Crippen LogP) is -1.65. The molecule has 0 spiro atoms. The lowest BCUT2D eigenvalue weighted by molar-refractivity contribution is -0.120. The minimum atomic E-state index is -4.19. The Hall–Kier alpha value is -2.46. The number of amides is 2. The van der Waals surface area contributed by atoms with Gasteiger partial charge in [0.2, 0.25) is 21.8 Å². The number of carbonyl (C=O) groups excluding carboxylic acids is 2. The lowest BCUT2D eigenvalue weighted by Crippen LogP contribution is -2.43. The number of rotatable bonds is 7. The lowest BCUT2D eigenvalue weighted by atomic mass is 10.2. The molecule has 1 aromatic rings. The standard InChI is InChI=1S/C11H13N3O6S/c12-9(15)5-14(6-10(13)16)21(19,20)8-3-1-7(2-4-8)11(17)18/h1-4H,5-6H2,(H2,12,15)(H2,13,16)(H,17,18). The average molecular weight is 315 g/mol. The molecule has 114 valence electrons. The third kappa shape index (κ3) is 4.26. The van der Waals surface area contributed by atoms with Crippen LogP contribution in [0.25, 0.3) is 0 Å². The Kier molecular flexibility index (Phi) is 5.00. The van der Waals surface area contributed by atoms with Crippen molar-refractivity contribution in [2.24, 2.45) is 11.5 Å². The maximum atomic E-state index is 12.2. The first kappa shape index (κ1) is 16.6. The van der Waals surface area contributed by atoms with Crippen LogP contribution in [-0.2, 0) is 19.6 Å². The van der Waals surface area contributed by atoms with E-state index in [1.54, 1.807) is 0 Å². The number of hydrogen-bond acceptors (Lipinski definition) is 5. The highest BCUT2D eigenvalue weighted by Gasteiger charge is 2.27. The number of sulfonamides is 1. The van der Waals surface area contributed by atoms with E-state index in [9.17, 15) is 22.8 Å². The number of aromatic carboxylic acids is 1. The van der Waals surface area contributed by atoms with E-state index in [0.717, 1.165) is 24.3 Å². The molecule has 0 aliphatic heterocycles. The monoisotopic (exact) mass is 315 g/mol. The summed E-state index contributed by atoms with van der Waals surface area (Å²) in [6.07, 6.45) is 0. The zero-order valence-corrected chi connectivity index (χ0v) is 11.5. The number of nitrogens with zero attached hydrogens (tertiary/aromatic N) is 1. The molecule has 2 amide bonds. The number of benzene rings is 1. The van der Waals surface area contributed by atoms with E-state index in [0.29, 0.717) is 4.31 Å². The van der Waals surface area contributed by atoms with Gasteiger partial charge in [-0.3, -0.25) is 9.59 Å². The number of nitrogens with two attached hydrogens (primary N) is 2. The van der Waals surface area contributed by atoms with Crippen molar-refractivity contribution in [2.45, 2.75) is 4.90 Å². The second kappa shape index (κ2) is 6.33. The Balaban J connectivity index is 3.17. The molecule has 0 fully saturated rings. The van der Waals surface area contributed by atoms with Gasteiger partial charge in [0.05, 0.1) is 23.5 Å². The Morgan fingerprint density at radius 1 is 1.00 bits per heavy atom. The van der Waals surface area contributed by atoms with E-state index in [-0.39, 0.29) is 10.5 Å². The molecule has 0 unspecified atom stereocenters. The normalized spacial score (nSPS) is 11.3. The van der Waals surface area contributed by atoms with E-state index in [1.165, 1.54) is 0 Å². The molecule has 5 N–H and O–H groups in total. The summed E-state index contributed by atoms with van der Waals surface area (Å²) in [5.74, 6) is -3.13. The van der Waals surface area contributed by atoms with Gasteiger partial charge in [-0.05, 0) is 24.3 Å². The number of primary amides is 2. The van der Waals surface area contributed by atoms with Gasteiger partial charge in [0.25, 0.3) is 0 Å².